The summed E-state index contributed by atoms with van der Waals surface area (Å²) in [5.41, 5.74) is 1.27. The van der Waals surface area contributed by atoms with Gasteiger partial charge in [0.05, 0.1) is 11.3 Å². The Hall–Kier alpha value is -1.30. The van der Waals surface area contributed by atoms with Crippen LogP contribution in [0.1, 0.15) is 32.4 Å². The predicted octanol–water partition coefficient (Wildman–Crippen LogP) is 3.68. The molecule has 118 valence electrons. The van der Waals surface area contributed by atoms with Gasteiger partial charge in [-0.1, -0.05) is 0 Å². The Morgan fingerprint density at radius 2 is 2.09 bits per heavy atom. The maximum Gasteiger partial charge on any atom is 0.123 e. The number of hydrogen-bond donors (Lipinski definition) is 1. The van der Waals surface area contributed by atoms with E-state index in [2.05, 4.69) is 15.3 Å². The molecule has 0 aliphatic carbocycles. The maximum absolute atomic E-state index is 13.0. The van der Waals surface area contributed by atoms with E-state index in [1.807, 2.05) is 13.8 Å². The molecule has 1 aliphatic rings. The van der Waals surface area contributed by atoms with Gasteiger partial charge in [-0.25, -0.2) is 9.37 Å². The van der Waals surface area contributed by atoms with Gasteiger partial charge in [0.15, 0.2) is 0 Å². The second kappa shape index (κ2) is 6.07. The normalized spacial score (nSPS) is 19.7. The van der Waals surface area contributed by atoms with Gasteiger partial charge in [-0.3, -0.25) is 4.90 Å². The van der Waals surface area contributed by atoms with Gasteiger partial charge in [-0.05, 0) is 57.5 Å². The summed E-state index contributed by atoms with van der Waals surface area (Å²) in [5.74, 6) is -0.231. The highest BCUT2D eigenvalue weighted by Gasteiger charge is 2.35. The minimum absolute atomic E-state index is 0.184. The third kappa shape index (κ3) is 3.37. The number of aromatic nitrogens is 1. The zero-order valence-electron chi connectivity index (χ0n) is 12.9. The number of halogens is 1. The third-order valence-corrected chi connectivity index (χ3v) is 5.13. The van der Waals surface area contributed by atoms with Gasteiger partial charge < -0.3 is 5.11 Å². The summed E-state index contributed by atoms with van der Waals surface area (Å²) in [7, 11) is 0. The average molecular weight is 320 g/mol. The Bertz CT molecular complexity index is 633. The number of rotatable bonds is 4. The predicted molar refractivity (Wildman–Crippen MR) is 87.2 cm³/mol. The summed E-state index contributed by atoms with van der Waals surface area (Å²) in [6.07, 6.45) is 2.14. The molecule has 1 aromatic heterocycles. The minimum Gasteiger partial charge on any atom is -0.389 e. The van der Waals surface area contributed by atoms with E-state index in [1.54, 1.807) is 23.5 Å². The van der Waals surface area contributed by atoms with Crippen LogP contribution in [-0.4, -0.2) is 33.2 Å². The Kier molecular flexibility index (Phi) is 4.30. The van der Waals surface area contributed by atoms with Crippen LogP contribution in [0.15, 0.2) is 29.6 Å². The van der Waals surface area contributed by atoms with E-state index >= 15 is 0 Å². The smallest absolute Gasteiger partial charge is 0.123 e. The minimum atomic E-state index is -0.688. The number of aliphatic hydroxyl groups is 1. The molecule has 2 aromatic rings. The van der Waals surface area contributed by atoms with Crippen molar-refractivity contribution in [3.63, 3.8) is 0 Å². The molecule has 3 nitrogen and oxygen atoms in total. The van der Waals surface area contributed by atoms with Crippen LogP contribution < -0.4 is 0 Å². The summed E-state index contributed by atoms with van der Waals surface area (Å²) in [6, 6.07) is 6.62. The first-order valence-electron chi connectivity index (χ1n) is 7.60. The molecule has 0 unspecified atom stereocenters. The van der Waals surface area contributed by atoms with E-state index < -0.39 is 5.60 Å². The molecule has 2 heterocycles. The lowest BCUT2D eigenvalue weighted by molar-refractivity contribution is -0.00530. The highest BCUT2D eigenvalue weighted by atomic mass is 32.1. The molecule has 0 bridgehead atoms. The summed E-state index contributed by atoms with van der Waals surface area (Å²) in [6.45, 7) is 5.51. The molecule has 1 saturated heterocycles. The molecule has 0 spiro atoms. The molecular formula is C17H21FN2OS. The lowest BCUT2D eigenvalue weighted by Gasteiger charge is -2.33. The first kappa shape index (κ1) is 15.6. The second-order valence-electron chi connectivity index (χ2n) is 6.43. The zero-order chi connectivity index (χ0) is 15.7. The van der Waals surface area contributed by atoms with Crippen LogP contribution in [0.5, 0.6) is 0 Å². The molecule has 3 rings (SSSR count). The first-order valence-corrected chi connectivity index (χ1v) is 8.48. The standard InChI is InChI=1S/C17H21FN2OS/c1-17(2,21)15-4-3-9-20(15)10-14-11-22-16(19-14)12-5-7-13(18)8-6-12/h5-8,11,15,21H,3-4,9-10H2,1-2H3/t15-/m0/s1. The van der Waals surface area contributed by atoms with Gasteiger partial charge in [0.2, 0.25) is 0 Å². The molecule has 1 N–H and O–H groups in total. The lowest BCUT2D eigenvalue weighted by Crippen LogP contribution is -2.45. The van der Waals surface area contributed by atoms with E-state index in [9.17, 15) is 9.50 Å². The maximum atomic E-state index is 13.0. The SMILES string of the molecule is CC(C)(O)[C@@H]1CCCN1Cc1csc(-c2ccc(F)cc2)n1. The highest BCUT2D eigenvalue weighted by Crippen LogP contribution is 2.30. The molecule has 1 atom stereocenters. The Balaban J connectivity index is 1.73. The summed E-state index contributed by atoms with van der Waals surface area (Å²) >= 11 is 1.58. The number of likely N-dealkylation sites (tertiary alicyclic amines) is 1. The van der Waals surface area contributed by atoms with E-state index in [0.717, 1.165) is 42.2 Å². The van der Waals surface area contributed by atoms with Crippen molar-refractivity contribution in [2.75, 3.05) is 6.54 Å². The van der Waals surface area contributed by atoms with Crippen LogP contribution in [0.3, 0.4) is 0 Å². The van der Waals surface area contributed by atoms with Crippen LogP contribution in [0, 0.1) is 5.82 Å². The van der Waals surface area contributed by atoms with E-state index in [1.165, 1.54) is 12.1 Å². The van der Waals surface area contributed by atoms with Crippen molar-refractivity contribution in [3.05, 3.63) is 41.2 Å². The van der Waals surface area contributed by atoms with Gasteiger partial charge in [-0.2, -0.15) is 0 Å². The van der Waals surface area contributed by atoms with Crippen LogP contribution in [-0.2, 0) is 6.54 Å². The van der Waals surface area contributed by atoms with Gasteiger partial charge in [0.25, 0.3) is 0 Å². The Morgan fingerprint density at radius 1 is 1.36 bits per heavy atom. The van der Waals surface area contributed by atoms with Gasteiger partial charge in [-0.15, -0.1) is 11.3 Å². The Morgan fingerprint density at radius 3 is 2.77 bits per heavy atom. The van der Waals surface area contributed by atoms with Crippen molar-refractivity contribution in [1.29, 1.82) is 0 Å². The topological polar surface area (TPSA) is 36.4 Å². The van der Waals surface area contributed by atoms with Crippen molar-refractivity contribution in [3.8, 4) is 10.6 Å². The van der Waals surface area contributed by atoms with E-state index in [4.69, 9.17) is 0 Å². The molecule has 0 radical (unpaired) electrons. The molecular weight excluding hydrogens is 299 g/mol. The largest absolute Gasteiger partial charge is 0.389 e. The van der Waals surface area contributed by atoms with Crippen LogP contribution in [0.25, 0.3) is 10.6 Å². The van der Waals surface area contributed by atoms with Crippen molar-refractivity contribution < 1.29 is 9.50 Å². The number of hydrogen-bond acceptors (Lipinski definition) is 4. The quantitative estimate of drug-likeness (QED) is 0.933. The molecule has 1 aromatic carbocycles. The fraction of sp³-hybridized carbons (Fsp3) is 0.471. The summed E-state index contributed by atoms with van der Waals surface area (Å²) in [5, 5.41) is 13.2. The zero-order valence-corrected chi connectivity index (χ0v) is 13.7. The second-order valence-corrected chi connectivity index (χ2v) is 7.29. The molecule has 1 aliphatic heterocycles. The highest BCUT2D eigenvalue weighted by molar-refractivity contribution is 7.13. The average Bonchev–Trinajstić information content (AvgIpc) is 3.09. The van der Waals surface area contributed by atoms with Gasteiger partial charge in [0.1, 0.15) is 10.8 Å². The lowest BCUT2D eigenvalue weighted by atomic mass is 9.96. The van der Waals surface area contributed by atoms with Crippen LogP contribution in [0.4, 0.5) is 4.39 Å². The number of thiazole rings is 1. The Labute approximate surface area is 134 Å². The van der Waals surface area contributed by atoms with Crippen molar-refractivity contribution in [1.82, 2.24) is 9.88 Å². The molecule has 0 saturated carbocycles. The van der Waals surface area contributed by atoms with Crippen LogP contribution in [0.2, 0.25) is 0 Å². The first-order chi connectivity index (χ1) is 10.4. The monoisotopic (exact) mass is 320 g/mol. The molecule has 1 fully saturated rings. The fourth-order valence-electron chi connectivity index (χ4n) is 3.13. The van der Waals surface area contributed by atoms with Gasteiger partial charge >= 0.3 is 0 Å². The number of benzene rings is 1. The van der Waals surface area contributed by atoms with Crippen LogP contribution >= 0.6 is 11.3 Å². The van der Waals surface area contributed by atoms with E-state index in [-0.39, 0.29) is 11.9 Å². The molecule has 0 amide bonds. The third-order valence-electron chi connectivity index (χ3n) is 4.19. The van der Waals surface area contributed by atoms with Crippen molar-refractivity contribution in [2.24, 2.45) is 0 Å². The summed E-state index contributed by atoms with van der Waals surface area (Å²) < 4.78 is 13.0. The molecule has 22 heavy (non-hydrogen) atoms. The fourth-order valence-corrected chi connectivity index (χ4v) is 3.95. The molecule has 5 heteroatoms. The van der Waals surface area contributed by atoms with Gasteiger partial charge in [0, 0.05) is 23.5 Å². The summed E-state index contributed by atoms with van der Waals surface area (Å²) in [4.78, 5) is 6.97. The van der Waals surface area contributed by atoms with Crippen molar-refractivity contribution >= 4 is 11.3 Å². The van der Waals surface area contributed by atoms with Crippen molar-refractivity contribution in [2.45, 2.75) is 44.9 Å². The van der Waals surface area contributed by atoms with E-state index in [0.29, 0.717) is 0 Å². The number of nitrogens with zero attached hydrogens (tertiary/aromatic N) is 2.